The number of benzene rings is 1. The van der Waals surface area contributed by atoms with Crippen molar-refractivity contribution in [2.75, 3.05) is 13.1 Å². The van der Waals surface area contributed by atoms with Crippen LogP contribution in [0.15, 0.2) is 37.0 Å². The van der Waals surface area contributed by atoms with E-state index in [0.29, 0.717) is 12.1 Å². The predicted molar refractivity (Wildman–Crippen MR) is 80.1 cm³/mol. The topological polar surface area (TPSA) is 32.3 Å². The molecule has 1 aromatic carbocycles. The smallest absolute Gasteiger partial charge is 0.228 e. The van der Waals surface area contributed by atoms with E-state index in [9.17, 15) is 4.79 Å². The average Bonchev–Trinajstić information content (AvgIpc) is 2.96. The molecule has 0 radical (unpaired) electrons. The largest absolute Gasteiger partial charge is 0.333 e. The van der Waals surface area contributed by atoms with Gasteiger partial charge in [-0.2, -0.15) is 0 Å². The van der Waals surface area contributed by atoms with Gasteiger partial charge in [0.1, 0.15) is 0 Å². The Morgan fingerprint density at radius 1 is 1.50 bits per heavy atom. The van der Waals surface area contributed by atoms with Gasteiger partial charge in [-0.05, 0) is 49.6 Å². The fourth-order valence-electron chi connectivity index (χ4n) is 3.54. The Labute approximate surface area is 122 Å². The summed E-state index contributed by atoms with van der Waals surface area (Å²) in [5, 5.41) is 2.71. The minimum Gasteiger partial charge on any atom is -0.333 e. The number of aryl methyl sites for hydroxylation is 1. The number of fused-ring (bicyclic) bond motifs is 1. The number of nitrogens with zero attached hydrogens (tertiary/aromatic N) is 1. The SMILES string of the molecule is [3H]c1ccc2c(c1)C(N1CCC(C(=O)NC=C)C1)CCC2. The van der Waals surface area contributed by atoms with Gasteiger partial charge < -0.3 is 5.32 Å². The molecule has 2 atom stereocenters. The molecule has 1 saturated heterocycles. The average molecular weight is 272 g/mol. The molecule has 0 spiro atoms. The van der Waals surface area contributed by atoms with Crippen LogP contribution >= 0.6 is 0 Å². The third-order valence-electron chi connectivity index (χ3n) is 4.55. The molecule has 1 aromatic rings. The van der Waals surface area contributed by atoms with Crippen LogP contribution in [0.1, 0.15) is 37.8 Å². The van der Waals surface area contributed by atoms with Crippen LogP contribution in [0.2, 0.25) is 0 Å². The summed E-state index contributed by atoms with van der Waals surface area (Å²) in [7, 11) is 0. The van der Waals surface area contributed by atoms with E-state index in [2.05, 4.69) is 22.9 Å². The summed E-state index contributed by atoms with van der Waals surface area (Å²) >= 11 is 0. The highest BCUT2D eigenvalue weighted by Crippen LogP contribution is 2.36. The molecular weight excluding hydrogens is 248 g/mol. The maximum atomic E-state index is 11.9. The van der Waals surface area contributed by atoms with Crippen LogP contribution in [0, 0.1) is 5.92 Å². The molecule has 1 heterocycles. The van der Waals surface area contributed by atoms with Crippen molar-refractivity contribution in [3.8, 4) is 0 Å². The van der Waals surface area contributed by atoms with Crippen molar-refractivity contribution in [3.63, 3.8) is 0 Å². The highest BCUT2D eigenvalue weighted by Gasteiger charge is 2.34. The third kappa shape index (κ3) is 2.50. The van der Waals surface area contributed by atoms with Gasteiger partial charge >= 0.3 is 0 Å². The number of carbonyl (C=O) groups is 1. The van der Waals surface area contributed by atoms with E-state index in [1.165, 1.54) is 23.7 Å². The Kier molecular flexibility index (Phi) is 3.52. The Hall–Kier alpha value is -1.61. The predicted octanol–water partition coefficient (Wildman–Crippen LogP) is 2.65. The molecule has 0 saturated carbocycles. The van der Waals surface area contributed by atoms with Crippen LogP contribution in [-0.2, 0) is 11.2 Å². The molecule has 2 aliphatic rings. The first-order valence-electron chi connectivity index (χ1n) is 7.94. The Morgan fingerprint density at radius 2 is 2.40 bits per heavy atom. The van der Waals surface area contributed by atoms with Crippen LogP contribution < -0.4 is 5.32 Å². The van der Waals surface area contributed by atoms with Crippen molar-refractivity contribution in [2.24, 2.45) is 5.92 Å². The van der Waals surface area contributed by atoms with Gasteiger partial charge in [0, 0.05) is 12.6 Å². The molecule has 1 fully saturated rings. The number of hydrogen-bond acceptors (Lipinski definition) is 2. The van der Waals surface area contributed by atoms with Gasteiger partial charge in [0.05, 0.1) is 7.29 Å². The number of carbonyl (C=O) groups excluding carboxylic acids is 1. The van der Waals surface area contributed by atoms with E-state index >= 15 is 0 Å². The summed E-state index contributed by atoms with van der Waals surface area (Å²) < 4.78 is 7.86. The van der Waals surface area contributed by atoms with Crippen LogP contribution in [0.4, 0.5) is 0 Å². The Balaban J connectivity index is 1.76. The molecule has 1 aliphatic carbocycles. The molecular formula is C17H22N2O. The van der Waals surface area contributed by atoms with Gasteiger partial charge in [0.2, 0.25) is 5.91 Å². The van der Waals surface area contributed by atoms with E-state index < -0.39 is 0 Å². The van der Waals surface area contributed by atoms with Crippen LogP contribution in [0.25, 0.3) is 0 Å². The molecule has 1 aliphatic heterocycles. The monoisotopic (exact) mass is 272 g/mol. The number of nitrogens with one attached hydrogen (secondary N) is 1. The fourth-order valence-corrected chi connectivity index (χ4v) is 3.54. The highest BCUT2D eigenvalue weighted by molar-refractivity contribution is 5.80. The van der Waals surface area contributed by atoms with Crippen LogP contribution in [0.3, 0.4) is 0 Å². The van der Waals surface area contributed by atoms with Crippen LogP contribution in [-0.4, -0.2) is 23.9 Å². The zero-order valence-electron chi connectivity index (χ0n) is 12.8. The molecule has 2 unspecified atom stereocenters. The van der Waals surface area contributed by atoms with Crippen molar-refractivity contribution < 1.29 is 6.17 Å². The lowest BCUT2D eigenvalue weighted by molar-refractivity contribution is -0.123. The molecule has 1 amide bonds. The first kappa shape index (κ1) is 12.2. The van der Waals surface area contributed by atoms with Gasteiger partial charge in [-0.15, -0.1) is 0 Å². The van der Waals surface area contributed by atoms with Gasteiger partial charge in [-0.3, -0.25) is 9.69 Å². The lowest BCUT2D eigenvalue weighted by atomic mass is 9.87. The number of likely N-dealkylation sites (tertiary alicyclic amines) is 1. The molecule has 106 valence electrons. The maximum Gasteiger partial charge on any atom is 0.228 e. The quantitative estimate of drug-likeness (QED) is 0.917. The summed E-state index contributed by atoms with van der Waals surface area (Å²) in [5.74, 6) is 0.144. The summed E-state index contributed by atoms with van der Waals surface area (Å²) in [6.45, 7) is 5.33. The van der Waals surface area contributed by atoms with Crippen LogP contribution in [0.5, 0.6) is 0 Å². The Bertz CT molecular complexity index is 558. The number of rotatable bonds is 3. The molecule has 3 rings (SSSR count). The van der Waals surface area contributed by atoms with Gasteiger partial charge in [0.15, 0.2) is 0 Å². The number of hydrogen-bond donors (Lipinski definition) is 1. The summed E-state index contributed by atoms with van der Waals surface area (Å²) in [6, 6.07) is 6.95. The van der Waals surface area contributed by atoms with Crippen molar-refractivity contribution in [1.82, 2.24) is 10.2 Å². The zero-order chi connectivity index (χ0) is 14.8. The fraction of sp³-hybridized carbons (Fsp3) is 0.471. The van der Waals surface area contributed by atoms with Gasteiger partial charge in [-0.25, -0.2) is 0 Å². The first-order chi connectivity index (χ1) is 10.2. The lowest BCUT2D eigenvalue weighted by Gasteiger charge is -2.33. The third-order valence-corrected chi connectivity index (χ3v) is 4.55. The van der Waals surface area contributed by atoms with E-state index in [4.69, 9.17) is 1.37 Å². The van der Waals surface area contributed by atoms with E-state index in [1.807, 2.05) is 12.1 Å². The van der Waals surface area contributed by atoms with Crippen molar-refractivity contribution in [3.05, 3.63) is 48.1 Å². The van der Waals surface area contributed by atoms with Crippen molar-refractivity contribution in [2.45, 2.75) is 31.7 Å². The molecule has 20 heavy (non-hydrogen) atoms. The van der Waals surface area contributed by atoms with Gasteiger partial charge in [-0.1, -0.05) is 30.8 Å². The summed E-state index contributed by atoms with van der Waals surface area (Å²) in [4.78, 5) is 14.4. The molecule has 3 nitrogen and oxygen atoms in total. The van der Waals surface area contributed by atoms with E-state index in [0.717, 1.165) is 32.4 Å². The van der Waals surface area contributed by atoms with Crippen molar-refractivity contribution >= 4 is 5.91 Å². The second kappa shape index (κ2) is 5.80. The minimum absolute atomic E-state index is 0.0626. The minimum atomic E-state index is 0.0626. The second-order valence-corrected chi connectivity index (χ2v) is 5.73. The van der Waals surface area contributed by atoms with E-state index in [-0.39, 0.29) is 11.8 Å². The van der Waals surface area contributed by atoms with Gasteiger partial charge in [0.25, 0.3) is 0 Å². The standard InChI is InChI=1S/C17H22N2O/c1-2-18-17(20)14-10-11-19(12-14)16-9-5-7-13-6-3-4-8-15(13)16/h2-4,6,8,14,16H,1,5,7,9-12H2,(H,18,20)/i4T. The molecule has 1 N–H and O–H groups in total. The summed E-state index contributed by atoms with van der Waals surface area (Å²) in [5.41, 5.74) is 2.68. The van der Waals surface area contributed by atoms with Crippen molar-refractivity contribution in [1.29, 1.82) is 0 Å². The second-order valence-electron chi connectivity index (χ2n) is 5.73. The first-order valence-corrected chi connectivity index (χ1v) is 7.44. The lowest BCUT2D eigenvalue weighted by Crippen LogP contribution is -2.32. The molecule has 0 aromatic heterocycles. The summed E-state index contributed by atoms with van der Waals surface area (Å²) in [6.07, 6.45) is 5.81. The number of amides is 1. The van der Waals surface area contributed by atoms with E-state index in [1.54, 1.807) is 0 Å². The Morgan fingerprint density at radius 3 is 3.25 bits per heavy atom. The highest BCUT2D eigenvalue weighted by atomic mass is 16.1. The maximum absolute atomic E-state index is 11.9. The normalized spacial score (nSPS) is 26.7. The zero-order valence-corrected chi connectivity index (χ0v) is 11.8. The molecule has 3 heteroatoms. The molecule has 0 bridgehead atoms.